The summed E-state index contributed by atoms with van der Waals surface area (Å²) in [5.41, 5.74) is 0.932. The SMILES string of the molecule is CCOC(=O)N[C@@H](CC(C)C)C(=O)CS(=O)(=O)c1ccc(C)cc1. The lowest BCUT2D eigenvalue weighted by atomic mass is 10.0. The van der Waals surface area contributed by atoms with Crippen molar-refractivity contribution in [3.63, 3.8) is 0 Å². The molecule has 0 heterocycles. The maximum atomic E-state index is 12.4. The van der Waals surface area contributed by atoms with Crippen LogP contribution in [0.25, 0.3) is 0 Å². The average molecular weight is 355 g/mol. The van der Waals surface area contributed by atoms with E-state index in [0.717, 1.165) is 5.56 Å². The van der Waals surface area contributed by atoms with Crippen molar-refractivity contribution in [3.05, 3.63) is 29.8 Å². The third kappa shape index (κ3) is 6.31. The summed E-state index contributed by atoms with van der Waals surface area (Å²) in [6, 6.07) is 5.44. The second-order valence-corrected chi connectivity index (χ2v) is 8.07. The van der Waals surface area contributed by atoms with E-state index in [-0.39, 0.29) is 17.4 Å². The van der Waals surface area contributed by atoms with Crippen LogP contribution >= 0.6 is 0 Å². The minimum atomic E-state index is -3.75. The minimum Gasteiger partial charge on any atom is -0.450 e. The number of alkyl carbamates (subject to hydrolysis) is 1. The van der Waals surface area contributed by atoms with Crippen molar-refractivity contribution in [2.75, 3.05) is 12.4 Å². The van der Waals surface area contributed by atoms with Gasteiger partial charge in [-0.2, -0.15) is 0 Å². The quantitative estimate of drug-likeness (QED) is 0.774. The Hall–Kier alpha value is -1.89. The second-order valence-electron chi connectivity index (χ2n) is 6.09. The van der Waals surface area contributed by atoms with Gasteiger partial charge in [-0.05, 0) is 38.3 Å². The molecule has 134 valence electrons. The molecule has 7 heteroatoms. The number of hydrogen-bond donors (Lipinski definition) is 1. The van der Waals surface area contributed by atoms with E-state index in [1.54, 1.807) is 19.1 Å². The van der Waals surface area contributed by atoms with Gasteiger partial charge in [0.05, 0.1) is 17.5 Å². The van der Waals surface area contributed by atoms with E-state index >= 15 is 0 Å². The van der Waals surface area contributed by atoms with Crippen LogP contribution in [0, 0.1) is 12.8 Å². The number of ketones is 1. The summed E-state index contributed by atoms with van der Waals surface area (Å²) in [5.74, 6) is -1.08. The summed E-state index contributed by atoms with van der Waals surface area (Å²) in [6.07, 6.45) is -0.370. The highest BCUT2D eigenvalue weighted by Crippen LogP contribution is 2.14. The number of nitrogens with one attached hydrogen (secondary N) is 1. The number of aryl methyl sites for hydroxylation is 1. The monoisotopic (exact) mass is 355 g/mol. The van der Waals surface area contributed by atoms with Crippen LogP contribution in [-0.2, 0) is 19.4 Å². The molecule has 0 radical (unpaired) electrons. The van der Waals surface area contributed by atoms with Crippen LogP contribution < -0.4 is 5.32 Å². The second kappa shape index (κ2) is 8.82. The zero-order valence-corrected chi connectivity index (χ0v) is 15.4. The topological polar surface area (TPSA) is 89.5 Å². The molecule has 24 heavy (non-hydrogen) atoms. The first-order valence-electron chi connectivity index (χ1n) is 7.91. The summed E-state index contributed by atoms with van der Waals surface area (Å²) < 4.78 is 29.6. The molecule has 0 unspecified atom stereocenters. The van der Waals surface area contributed by atoms with Crippen LogP contribution in [0.5, 0.6) is 0 Å². The lowest BCUT2D eigenvalue weighted by molar-refractivity contribution is -0.118. The molecule has 1 aromatic rings. The fourth-order valence-electron chi connectivity index (χ4n) is 2.17. The fourth-order valence-corrected chi connectivity index (χ4v) is 3.47. The molecule has 1 rings (SSSR count). The maximum absolute atomic E-state index is 12.4. The lowest BCUT2D eigenvalue weighted by Crippen LogP contribution is -2.44. The third-order valence-corrected chi connectivity index (χ3v) is 5.03. The first-order valence-corrected chi connectivity index (χ1v) is 9.56. The summed E-state index contributed by atoms with van der Waals surface area (Å²) in [4.78, 5) is 24.1. The molecule has 1 N–H and O–H groups in total. The molecule has 0 saturated carbocycles. The van der Waals surface area contributed by atoms with E-state index in [1.807, 2.05) is 20.8 Å². The van der Waals surface area contributed by atoms with Crippen molar-refractivity contribution in [1.29, 1.82) is 0 Å². The van der Waals surface area contributed by atoms with Crippen molar-refractivity contribution >= 4 is 21.7 Å². The smallest absolute Gasteiger partial charge is 0.407 e. The zero-order valence-electron chi connectivity index (χ0n) is 14.5. The number of Topliss-reactive ketones (excluding diaryl/α,β-unsaturated/α-hetero) is 1. The van der Waals surface area contributed by atoms with Crippen LogP contribution in [0.3, 0.4) is 0 Å². The Morgan fingerprint density at radius 1 is 1.17 bits per heavy atom. The average Bonchev–Trinajstić information content (AvgIpc) is 2.46. The molecular formula is C17H25NO5S. The first kappa shape index (κ1) is 20.2. The summed E-state index contributed by atoms with van der Waals surface area (Å²) >= 11 is 0. The molecular weight excluding hydrogens is 330 g/mol. The van der Waals surface area contributed by atoms with Crippen LogP contribution in [0.15, 0.2) is 29.2 Å². The number of sulfone groups is 1. The number of benzene rings is 1. The van der Waals surface area contributed by atoms with Gasteiger partial charge in [0.1, 0.15) is 5.75 Å². The molecule has 0 spiro atoms. The molecule has 6 nitrogen and oxygen atoms in total. The van der Waals surface area contributed by atoms with Gasteiger partial charge in [0.2, 0.25) is 0 Å². The molecule has 0 aliphatic carbocycles. The van der Waals surface area contributed by atoms with E-state index < -0.39 is 33.5 Å². The summed E-state index contributed by atoms with van der Waals surface area (Å²) in [5, 5.41) is 2.46. The summed E-state index contributed by atoms with van der Waals surface area (Å²) in [7, 11) is -3.75. The van der Waals surface area contributed by atoms with E-state index in [2.05, 4.69) is 5.32 Å². The molecule has 0 aromatic heterocycles. The van der Waals surface area contributed by atoms with Gasteiger partial charge < -0.3 is 10.1 Å². The highest BCUT2D eigenvalue weighted by atomic mass is 32.2. The third-order valence-electron chi connectivity index (χ3n) is 3.38. The fraction of sp³-hybridized carbons (Fsp3) is 0.529. The van der Waals surface area contributed by atoms with Gasteiger partial charge in [0, 0.05) is 0 Å². The van der Waals surface area contributed by atoms with Crippen molar-refractivity contribution < 1.29 is 22.7 Å². The van der Waals surface area contributed by atoms with Gasteiger partial charge in [-0.25, -0.2) is 13.2 Å². The van der Waals surface area contributed by atoms with Gasteiger partial charge >= 0.3 is 6.09 Å². The van der Waals surface area contributed by atoms with E-state index in [1.165, 1.54) is 12.1 Å². The molecule has 0 aliphatic heterocycles. The van der Waals surface area contributed by atoms with Crippen LogP contribution in [-0.4, -0.2) is 38.7 Å². The van der Waals surface area contributed by atoms with Crippen molar-refractivity contribution in [3.8, 4) is 0 Å². The highest BCUT2D eigenvalue weighted by molar-refractivity contribution is 7.92. The predicted octanol–water partition coefficient (Wildman–Crippen LogP) is 2.50. The Balaban J connectivity index is 2.89. The van der Waals surface area contributed by atoms with Gasteiger partial charge in [0.15, 0.2) is 15.6 Å². The summed E-state index contributed by atoms with van der Waals surface area (Å²) in [6.45, 7) is 7.46. The molecule has 0 saturated heterocycles. The van der Waals surface area contributed by atoms with Gasteiger partial charge in [-0.3, -0.25) is 4.79 Å². The van der Waals surface area contributed by atoms with Gasteiger partial charge in [-0.15, -0.1) is 0 Å². The van der Waals surface area contributed by atoms with E-state index in [4.69, 9.17) is 4.74 Å². The molecule has 0 bridgehead atoms. The van der Waals surface area contributed by atoms with Crippen LogP contribution in [0.1, 0.15) is 32.8 Å². The van der Waals surface area contributed by atoms with Crippen LogP contribution in [0.2, 0.25) is 0 Å². The van der Waals surface area contributed by atoms with Crippen molar-refractivity contribution in [1.82, 2.24) is 5.32 Å². The maximum Gasteiger partial charge on any atom is 0.407 e. The Morgan fingerprint density at radius 3 is 2.25 bits per heavy atom. The van der Waals surface area contributed by atoms with Gasteiger partial charge in [-0.1, -0.05) is 31.5 Å². The molecule has 1 aromatic carbocycles. The Morgan fingerprint density at radius 2 is 1.75 bits per heavy atom. The number of carbonyl (C=O) groups is 2. The first-order chi connectivity index (χ1) is 11.2. The number of hydrogen-bond acceptors (Lipinski definition) is 5. The Labute approximate surface area is 143 Å². The molecule has 1 atom stereocenters. The zero-order chi connectivity index (χ0) is 18.3. The molecule has 0 aliphatic rings. The normalized spacial score (nSPS) is 12.7. The van der Waals surface area contributed by atoms with Crippen molar-refractivity contribution in [2.24, 2.45) is 5.92 Å². The number of amides is 1. The molecule has 1 amide bonds. The molecule has 0 fully saturated rings. The van der Waals surface area contributed by atoms with Crippen molar-refractivity contribution in [2.45, 2.75) is 45.1 Å². The number of rotatable bonds is 8. The number of carbonyl (C=O) groups excluding carboxylic acids is 2. The highest BCUT2D eigenvalue weighted by Gasteiger charge is 2.28. The van der Waals surface area contributed by atoms with Crippen LogP contribution in [0.4, 0.5) is 4.79 Å². The van der Waals surface area contributed by atoms with Gasteiger partial charge in [0.25, 0.3) is 0 Å². The van der Waals surface area contributed by atoms with E-state index in [9.17, 15) is 18.0 Å². The largest absolute Gasteiger partial charge is 0.450 e. The Kier molecular flexibility index (Phi) is 7.41. The lowest BCUT2D eigenvalue weighted by Gasteiger charge is -2.19. The standard InChI is InChI=1S/C17H25NO5S/c1-5-23-17(20)18-15(10-12(2)3)16(19)11-24(21,22)14-8-6-13(4)7-9-14/h6-9,12,15H,5,10-11H2,1-4H3,(H,18,20)/t15-/m0/s1. The van der Waals surface area contributed by atoms with E-state index in [0.29, 0.717) is 6.42 Å². The number of ether oxygens (including phenoxy) is 1. The minimum absolute atomic E-state index is 0.0980. The Bertz CT molecular complexity index is 665. The predicted molar refractivity (Wildman–Crippen MR) is 91.6 cm³/mol.